The third kappa shape index (κ3) is 6.30. The van der Waals surface area contributed by atoms with E-state index in [0.29, 0.717) is 12.1 Å². The van der Waals surface area contributed by atoms with Gasteiger partial charge in [-0.25, -0.2) is 0 Å². The molecule has 1 amide bonds. The molecule has 1 saturated heterocycles. The Balaban J connectivity index is 2.00. The molecule has 7 heteroatoms. The van der Waals surface area contributed by atoms with Crippen LogP contribution in [-0.2, 0) is 10.2 Å². The number of alkyl halides is 3. The van der Waals surface area contributed by atoms with Gasteiger partial charge in [0.25, 0.3) is 9.70 Å². The van der Waals surface area contributed by atoms with Crippen molar-refractivity contribution in [3.63, 3.8) is 0 Å². The summed E-state index contributed by atoms with van der Waals surface area (Å²) in [6.07, 6.45) is 1.49. The predicted molar refractivity (Wildman–Crippen MR) is 102 cm³/mol. The van der Waals surface area contributed by atoms with E-state index in [1.54, 1.807) is 12.1 Å². The quantitative estimate of drug-likeness (QED) is 0.581. The van der Waals surface area contributed by atoms with Gasteiger partial charge in [0, 0.05) is 12.2 Å². The average Bonchev–Trinajstić information content (AvgIpc) is 3.02. The van der Waals surface area contributed by atoms with Crippen LogP contribution in [0.15, 0.2) is 24.3 Å². The summed E-state index contributed by atoms with van der Waals surface area (Å²) >= 11 is 18.1. The molecule has 140 valence electrons. The molecular weight excluding hydrogens is 383 g/mol. The smallest absolute Gasteiger partial charge is 0.262 e. The molecule has 0 bridgehead atoms. The highest BCUT2D eigenvalue weighted by Crippen LogP contribution is 2.28. The van der Waals surface area contributed by atoms with Crippen LogP contribution in [0.1, 0.15) is 49.5 Å². The molecule has 4 nitrogen and oxygen atoms in total. The minimum atomic E-state index is -1.61. The van der Waals surface area contributed by atoms with Crippen LogP contribution in [0.4, 0.5) is 0 Å². The molecule has 1 aromatic rings. The van der Waals surface area contributed by atoms with Gasteiger partial charge in [-0.2, -0.15) is 0 Å². The number of nitrogens with two attached hydrogens (primary N) is 1. The maximum atomic E-state index is 12.5. The number of ether oxygens (including phenoxy) is 1. The highest BCUT2D eigenvalue weighted by molar-refractivity contribution is 6.68. The summed E-state index contributed by atoms with van der Waals surface area (Å²) in [5.41, 5.74) is 1.73. The highest BCUT2D eigenvalue weighted by Gasteiger charge is 2.38. The van der Waals surface area contributed by atoms with Gasteiger partial charge in [-0.1, -0.05) is 67.7 Å². The molecule has 1 aromatic carbocycles. The first-order valence-electron chi connectivity index (χ1n) is 8.50. The minimum Gasteiger partial charge on any atom is -0.372 e. The summed E-state index contributed by atoms with van der Waals surface area (Å²) in [6, 6.07) is 7.50. The highest BCUT2D eigenvalue weighted by atomic mass is 35.6. The first-order chi connectivity index (χ1) is 11.6. The molecule has 0 unspecified atom stereocenters. The lowest BCUT2D eigenvalue weighted by Gasteiger charge is -2.24. The van der Waals surface area contributed by atoms with Gasteiger partial charge in [0.2, 0.25) is 6.17 Å². The van der Waals surface area contributed by atoms with Crippen molar-refractivity contribution in [2.45, 2.75) is 55.1 Å². The van der Waals surface area contributed by atoms with Crippen molar-refractivity contribution in [3.05, 3.63) is 35.4 Å². The van der Waals surface area contributed by atoms with Crippen LogP contribution in [0.5, 0.6) is 0 Å². The van der Waals surface area contributed by atoms with E-state index in [4.69, 9.17) is 39.5 Å². The van der Waals surface area contributed by atoms with E-state index in [1.165, 1.54) is 0 Å². The number of carbonyl (C=O) groups is 1. The molecule has 0 radical (unpaired) electrons. The van der Waals surface area contributed by atoms with Gasteiger partial charge in [0.1, 0.15) is 12.6 Å². The van der Waals surface area contributed by atoms with Crippen molar-refractivity contribution in [2.75, 3.05) is 13.2 Å². The Morgan fingerprint density at radius 1 is 1.28 bits per heavy atom. The van der Waals surface area contributed by atoms with Crippen molar-refractivity contribution in [1.29, 1.82) is 0 Å². The number of quaternary nitrogens is 1. The molecule has 0 aromatic heterocycles. The van der Waals surface area contributed by atoms with Gasteiger partial charge in [-0.3, -0.25) is 10.1 Å². The Kier molecular flexibility index (Phi) is 7.02. The van der Waals surface area contributed by atoms with E-state index in [-0.39, 0.29) is 17.4 Å². The molecule has 1 aliphatic heterocycles. The van der Waals surface area contributed by atoms with Crippen molar-refractivity contribution in [3.8, 4) is 0 Å². The fourth-order valence-corrected chi connectivity index (χ4v) is 3.17. The molecule has 25 heavy (non-hydrogen) atoms. The molecule has 0 aliphatic carbocycles. The van der Waals surface area contributed by atoms with Gasteiger partial charge in [0.05, 0.1) is 0 Å². The van der Waals surface area contributed by atoms with E-state index in [9.17, 15) is 4.79 Å². The summed E-state index contributed by atoms with van der Waals surface area (Å²) in [7, 11) is 0. The zero-order valence-corrected chi connectivity index (χ0v) is 17.1. The molecule has 3 N–H and O–H groups in total. The summed E-state index contributed by atoms with van der Waals surface area (Å²) in [4.78, 5) is 12.5. The molecule has 1 aliphatic rings. The molecule has 1 heterocycles. The number of hydrogen-bond donors (Lipinski definition) is 2. The second-order valence-corrected chi connectivity index (χ2v) is 9.80. The number of carbonyl (C=O) groups excluding carboxylic acids is 1. The van der Waals surface area contributed by atoms with Crippen LogP contribution >= 0.6 is 34.8 Å². The zero-order chi connectivity index (χ0) is 18.7. The standard InChI is InChI=1S/C18H25Cl3N2O2/c1-17(2,3)13-8-6-12(7-9-13)15(24)23-16(18(19,20)21)22-11-14-5-4-10-25-14/h6-9,14,16,22H,4-5,10-11H2,1-3H3,(H,23,24)/p+1/t14-,16-/m0/s1. The number of nitrogens with one attached hydrogen (secondary N) is 1. The van der Waals surface area contributed by atoms with Gasteiger partial charge in [-0.15, -0.1) is 0 Å². The van der Waals surface area contributed by atoms with Gasteiger partial charge < -0.3 is 10.1 Å². The SMILES string of the molecule is CC(C)(C)c1ccc(C(=O)N[C@H]([NH2+]C[C@@H]2CCCO2)C(Cl)(Cl)Cl)cc1. The minimum absolute atomic E-state index is 0.0319. The van der Waals surface area contributed by atoms with Gasteiger partial charge >= 0.3 is 0 Å². The number of benzene rings is 1. The number of hydrogen-bond acceptors (Lipinski definition) is 2. The average molecular weight is 409 g/mol. The first-order valence-corrected chi connectivity index (χ1v) is 9.64. The van der Waals surface area contributed by atoms with Crippen molar-refractivity contribution >= 4 is 40.7 Å². The van der Waals surface area contributed by atoms with Crippen molar-refractivity contribution in [1.82, 2.24) is 5.32 Å². The van der Waals surface area contributed by atoms with E-state index in [0.717, 1.165) is 25.0 Å². The van der Waals surface area contributed by atoms with E-state index >= 15 is 0 Å². The van der Waals surface area contributed by atoms with Crippen LogP contribution in [0.3, 0.4) is 0 Å². The zero-order valence-electron chi connectivity index (χ0n) is 14.8. The molecular formula is C18H26Cl3N2O2+. The van der Waals surface area contributed by atoms with E-state index < -0.39 is 9.96 Å². The lowest BCUT2D eigenvalue weighted by molar-refractivity contribution is -0.697. The topological polar surface area (TPSA) is 54.9 Å². The van der Waals surface area contributed by atoms with Gasteiger partial charge in [0.15, 0.2) is 0 Å². The van der Waals surface area contributed by atoms with Crippen molar-refractivity contribution < 1.29 is 14.8 Å². The molecule has 2 rings (SSSR count). The molecule has 0 spiro atoms. The van der Waals surface area contributed by atoms with Crippen LogP contribution in [-0.4, -0.2) is 35.1 Å². The Labute approximate surface area is 164 Å². The number of amides is 1. The second-order valence-electron chi connectivity index (χ2n) is 7.43. The van der Waals surface area contributed by atoms with E-state index in [2.05, 4.69) is 26.1 Å². The van der Waals surface area contributed by atoms with Crippen molar-refractivity contribution in [2.24, 2.45) is 0 Å². The van der Waals surface area contributed by atoms with Crippen LogP contribution in [0.2, 0.25) is 0 Å². The largest absolute Gasteiger partial charge is 0.372 e. The predicted octanol–water partition coefficient (Wildman–Crippen LogP) is 3.15. The summed E-state index contributed by atoms with van der Waals surface area (Å²) in [5.74, 6) is -0.264. The van der Waals surface area contributed by atoms with Crippen LogP contribution in [0.25, 0.3) is 0 Å². The lowest BCUT2D eigenvalue weighted by atomic mass is 9.87. The van der Waals surface area contributed by atoms with E-state index in [1.807, 2.05) is 17.4 Å². The Morgan fingerprint density at radius 3 is 2.40 bits per heavy atom. The third-order valence-corrected chi connectivity index (χ3v) is 5.02. The fourth-order valence-electron chi connectivity index (χ4n) is 2.74. The monoisotopic (exact) mass is 407 g/mol. The van der Waals surface area contributed by atoms with Gasteiger partial charge in [-0.05, 0) is 36.0 Å². The second kappa shape index (κ2) is 8.45. The number of halogens is 3. The Hall–Kier alpha value is -0.520. The van der Waals surface area contributed by atoms with Crippen LogP contribution < -0.4 is 10.6 Å². The Bertz CT molecular complexity index is 573. The maximum Gasteiger partial charge on any atom is 0.262 e. The normalized spacial score (nSPS) is 19.7. The Morgan fingerprint density at radius 2 is 1.92 bits per heavy atom. The third-order valence-electron chi connectivity index (χ3n) is 4.31. The summed E-state index contributed by atoms with van der Waals surface area (Å²) < 4.78 is 3.97. The lowest BCUT2D eigenvalue weighted by Crippen LogP contribution is -2.97. The van der Waals surface area contributed by atoms with Crippen LogP contribution in [0, 0.1) is 0 Å². The maximum absolute atomic E-state index is 12.5. The molecule has 2 atom stereocenters. The molecule has 0 saturated carbocycles. The molecule has 1 fully saturated rings. The number of rotatable bonds is 5. The summed E-state index contributed by atoms with van der Waals surface area (Å²) in [6.45, 7) is 7.79. The fraction of sp³-hybridized carbons (Fsp3) is 0.611. The summed E-state index contributed by atoms with van der Waals surface area (Å²) in [5, 5.41) is 4.63. The first kappa shape index (κ1) is 20.8.